The van der Waals surface area contributed by atoms with E-state index >= 15 is 0 Å². The maximum Gasteiger partial charge on any atom is 0.231 e. The lowest BCUT2D eigenvalue weighted by molar-refractivity contribution is -0.886. The summed E-state index contributed by atoms with van der Waals surface area (Å²) in [7, 11) is 5.23. The molecule has 226 valence electrons. The van der Waals surface area contributed by atoms with Gasteiger partial charge in [0.25, 0.3) is 0 Å². The number of quaternary nitrogens is 1. The first-order valence-corrected chi connectivity index (χ1v) is 17.6. The van der Waals surface area contributed by atoms with Crippen LogP contribution in [0.3, 0.4) is 0 Å². The van der Waals surface area contributed by atoms with Gasteiger partial charge in [-0.05, 0) is 42.9 Å². The molecule has 2 radical (unpaired) electrons. The Kier molecular flexibility index (Phi) is 23.6. The van der Waals surface area contributed by atoms with Crippen molar-refractivity contribution in [2.45, 2.75) is 141 Å². The highest BCUT2D eigenvalue weighted by Gasteiger charge is 2.16. The molecule has 0 aliphatic heterocycles. The molecule has 1 atom stereocenters. The fourth-order valence-corrected chi connectivity index (χ4v) is 6.54. The van der Waals surface area contributed by atoms with Crippen molar-refractivity contribution in [3.63, 3.8) is 0 Å². The topological polar surface area (TPSA) is 13.7 Å². The monoisotopic (exact) mass is 585 g/mol. The van der Waals surface area contributed by atoms with Gasteiger partial charge in [0.2, 0.25) is 9.76 Å². The van der Waals surface area contributed by atoms with Crippen LogP contribution >= 0.6 is 0 Å². The quantitative estimate of drug-likeness (QED) is 0.105. The highest BCUT2D eigenvalue weighted by atomic mass is 35.5. The Morgan fingerprint density at radius 2 is 0.975 bits per heavy atom. The first-order valence-electron chi connectivity index (χ1n) is 16.5. The summed E-state index contributed by atoms with van der Waals surface area (Å²) in [5.74, 6) is 0. The van der Waals surface area contributed by atoms with Crippen LogP contribution in [-0.2, 0) is 4.43 Å². The van der Waals surface area contributed by atoms with Gasteiger partial charge in [-0.15, -0.1) is 0 Å². The fourth-order valence-electron chi connectivity index (χ4n) is 5.63. The van der Waals surface area contributed by atoms with Crippen molar-refractivity contribution in [2.24, 2.45) is 0 Å². The summed E-state index contributed by atoms with van der Waals surface area (Å²) in [5, 5.41) is 0. The van der Waals surface area contributed by atoms with Gasteiger partial charge < -0.3 is 21.7 Å². The average molecular weight is 586 g/mol. The molecule has 1 N–H and O–H groups in total. The van der Waals surface area contributed by atoms with Gasteiger partial charge in [0, 0.05) is 0 Å². The van der Waals surface area contributed by atoms with Gasteiger partial charge in [0.1, 0.15) is 0 Å². The van der Waals surface area contributed by atoms with Crippen LogP contribution in [0, 0.1) is 0 Å². The standard InChI is InChI=1S/C36H59NOSi.ClH/c1-4-5-6-7-8-9-10-11-12-13-14-15-16-17-24-30-35(37(2)3)31-25-32-39-38-36(33-26-20-18-21-27-33)34-28-22-19-23-29-34;/h18-23,26-29,35-36H,4-17,24-25,30-32H2,1-3H3;1H. The summed E-state index contributed by atoms with van der Waals surface area (Å²) in [4.78, 5) is 1.62. The van der Waals surface area contributed by atoms with E-state index in [1.165, 1.54) is 133 Å². The molecule has 0 aromatic heterocycles. The molecular formula is C36H60ClNOSi. The van der Waals surface area contributed by atoms with E-state index in [0.717, 1.165) is 6.04 Å². The second-order valence-electron chi connectivity index (χ2n) is 11.9. The summed E-state index contributed by atoms with van der Waals surface area (Å²) in [6, 6.07) is 23.3. The molecule has 2 aromatic carbocycles. The van der Waals surface area contributed by atoms with Crippen LogP contribution in [-0.4, -0.2) is 29.9 Å². The third-order valence-corrected chi connectivity index (χ3v) is 9.17. The third kappa shape index (κ3) is 17.6. The molecule has 2 nitrogen and oxygen atoms in total. The molecule has 1 unspecified atom stereocenters. The van der Waals surface area contributed by atoms with Gasteiger partial charge in [0.05, 0.1) is 26.2 Å². The van der Waals surface area contributed by atoms with E-state index in [9.17, 15) is 0 Å². The lowest BCUT2D eigenvalue weighted by Gasteiger charge is -2.22. The molecule has 0 fully saturated rings. The molecule has 0 heterocycles. The van der Waals surface area contributed by atoms with Crippen molar-refractivity contribution in [3.8, 4) is 0 Å². The lowest BCUT2D eigenvalue weighted by atomic mass is 10.0. The molecular weight excluding hydrogens is 526 g/mol. The molecule has 0 aliphatic carbocycles. The normalized spacial score (nSPS) is 12.1. The van der Waals surface area contributed by atoms with Crippen molar-refractivity contribution in [1.29, 1.82) is 0 Å². The van der Waals surface area contributed by atoms with Gasteiger partial charge in [-0.1, -0.05) is 157 Å². The average Bonchev–Trinajstić information content (AvgIpc) is 2.96. The molecule has 0 saturated heterocycles. The maximum absolute atomic E-state index is 6.47. The molecule has 40 heavy (non-hydrogen) atoms. The fraction of sp³-hybridized carbons (Fsp3) is 0.667. The van der Waals surface area contributed by atoms with E-state index in [1.54, 1.807) is 4.90 Å². The van der Waals surface area contributed by atoms with Crippen LogP contribution in [0.2, 0.25) is 6.04 Å². The summed E-state index contributed by atoms with van der Waals surface area (Å²) in [6.07, 6.45) is 25.6. The van der Waals surface area contributed by atoms with Crippen molar-refractivity contribution >= 4 is 9.76 Å². The lowest BCUT2D eigenvalue weighted by Crippen LogP contribution is -3.10. The Bertz CT molecular complexity index is 748. The van der Waals surface area contributed by atoms with Crippen LogP contribution in [0.5, 0.6) is 0 Å². The Morgan fingerprint density at radius 1 is 0.575 bits per heavy atom. The predicted molar refractivity (Wildman–Crippen MR) is 172 cm³/mol. The van der Waals surface area contributed by atoms with Gasteiger partial charge in [0.15, 0.2) is 0 Å². The Morgan fingerprint density at radius 3 is 1.40 bits per heavy atom. The molecule has 2 aromatic rings. The number of hydrogen-bond acceptors (Lipinski definition) is 1. The van der Waals surface area contributed by atoms with E-state index in [4.69, 9.17) is 4.43 Å². The number of halogens is 1. The number of rotatable bonds is 25. The highest BCUT2D eigenvalue weighted by molar-refractivity contribution is 6.27. The van der Waals surface area contributed by atoms with E-state index < -0.39 is 0 Å². The second-order valence-corrected chi connectivity index (χ2v) is 12.9. The number of unbranched alkanes of at least 4 members (excludes halogenated alkanes) is 14. The predicted octanol–water partition coefficient (Wildman–Crippen LogP) is 6.39. The number of benzene rings is 2. The number of hydrogen-bond donors (Lipinski definition) is 1. The number of nitrogens with one attached hydrogen (secondary N) is 1. The Hall–Kier alpha value is -1.13. The van der Waals surface area contributed by atoms with E-state index in [1.807, 2.05) is 0 Å². The minimum absolute atomic E-state index is 0. The van der Waals surface area contributed by atoms with Crippen molar-refractivity contribution < 1.29 is 21.7 Å². The second kappa shape index (κ2) is 25.6. The summed E-state index contributed by atoms with van der Waals surface area (Å²) in [6.45, 7) is 2.30. The van der Waals surface area contributed by atoms with Crippen LogP contribution in [0.4, 0.5) is 0 Å². The van der Waals surface area contributed by atoms with E-state index in [2.05, 4.69) is 81.7 Å². The zero-order chi connectivity index (χ0) is 27.8. The van der Waals surface area contributed by atoms with Crippen molar-refractivity contribution in [1.82, 2.24) is 0 Å². The molecule has 0 saturated carbocycles. The Balaban J connectivity index is 0.00000800. The molecule has 0 bridgehead atoms. The minimum atomic E-state index is 0. The van der Waals surface area contributed by atoms with E-state index in [0.29, 0.717) is 9.76 Å². The molecule has 2 rings (SSSR count). The van der Waals surface area contributed by atoms with Crippen LogP contribution < -0.4 is 17.3 Å². The van der Waals surface area contributed by atoms with Crippen molar-refractivity contribution in [2.75, 3.05) is 14.1 Å². The third-order valence-electron chi connectivity index (χ3n) is 8.21. The summed E-state index contributed by atoms with van der Waals surface area (Å²) in [5.41, 5.74) is 2.50. The van der Waals surface area contributed by atoms with Crippen LogP contribution in [0.15, 0.2) is 60.7 Å². The molecule has 0 amide bonds. The van der Waals surface area contributed by atoms with Crippen LogP contribution in [0.25, 0.3) is 0 Å². The molecule has 0 spiro atoms. The largest absolute Gasteiger partial charge is 1.00 e. The zero-order valence-electron chi connectivity index (χ0n) is 26.1. The van der Waals surface area contributed by atoms with Crippen LogP contribution in [0.1, 0.15) is 140 Å². The first kappa shape index (κ1) is 36.9. The highest BCUT2D eigenvalue weighted by Crippen LogP contribution is 2.25. The van der Waals surface area contributed by atoms with Gasteiger partial charge in [-0.2, -0.15) is 0 Å². The minimum Gasteiger partial charge on any atom is -1.00 e. The SMILES string of the molecule is CCCCCCCCCCCCCCCCCC(CCC[Si]OC(c1ccccc1)c1ccccc1)[NH+](C)C.[Cl-]. The van der Waals surface area contributed by atoms with Gasteiger partial charge >= 0.3 is 0 Å². The van der Waals surface area contributed by atoms with Gasteiger partial charge in [-0.3, -0.25) is 0 Å². The first-order chi connectivity index (χ1) is 19.2. The van der Waals surface area contributed by atoms with E-state index in [-0.39, 0.29) is 18.5 Å². The smallest absolute Gasteiger partial charge is 0.231 e. The summed E-state index contributed by atoms with van der Waals surface area (Å²) < 4.78 is 6.47. The van der Waals surface area contributed by atoms with Gasteiger partial charge in [-0.25, -0.2) is 0 Å². The maximum atomic E-state index is 6.47. The van der Waals surface area contributed by atoms with Crippen molar-refractivity contribution in [3.05, 3.63) is 71.8 Å². The molecule has 4 heteroatoms. The Labute approximate surface area is 257 Å². The molecule has 0 aliphatic rings. The summed E-state index contributed by atoms with van der Waals surface area (Å²) >= 11 is 0. The zero-order valence-corrected chi connectivity index (χ0v) is 27.9.